The van der Waals surface area contributed by atoms with Crippen LogP contribution in [-0.4, -0.2) is 104 Å². The summed E-state index contributed by atoms with van der Waals surface area (Å²) < 4.78 is 90.7. The number of unbranched alkanes of at least 4 members (excludes halogenated alkanes) is 2. The van der Waals surface area contributed by atoms with Crippen molar-refractivity contribution in [3.8, 4) is 22.8 Å². The van der Waals surface area contributed by atoms with Gasteiger partial charge in [0.05, 0.1) is 50.3 Å². The van der Waals surface area contributed by atoms with Crippen molar-refractivity contribution in [1.29, 1.82) is 0 Å². The first-order chi connectivity index (χ1) is 37.5. The molecule has 0 saturated carbocycles. The van der Waals surface area contributed by atoms with Gasteiger partial charge in [-0.05, 0) is 141 Å². The van der Waals surface area contributed by atoms with Crippen LogP contribution in [0.2, 0.25) is 0 Å². The number of aromatic nitrogens is 11. The number of benzene rings is 2. The molecule has 1 radical (unpaired) electrons. The number of sulfonamides is 1. The van der Waals surface area contributed by atoms with Gasteiger partial charge in [-0.15, -0.1) is 0 Å². The predicted octanol–water partition coefficient (Wildman–Crippen LogP) is 3.43. The van der Waals surface area contributed by atoms with Crippen LogP contribution in [0, 0.1) is 0 Å². The van der Waals surface area contributed by atoms with Gasteiger partial charge in [0.1, 0.15) is 15.9 Å². The Kier molecular flexibility index (Phi) is 31.1. The van der Waals surface area contributed by atoms with E-state index in [-0.39, 0.29) is 129 Å². The van der Waals surface area contributed by atoms with Gasteiger partial charge in [-0.1, -0.05) is 86.7 Å². The van der Waals surface area contributed by atoms with E-state index in [4.69, 9.17) is 39.9 Å². The minimum Gasteiger partial charge on any atom is -0.748 e. The van der Waals surface area contributed by atoms with Gasteiger partial charge in [0.25, 0.3) is 0 Å². The summed E-state index contributed by atoms with van der Waals surface area (Å²) in [4.78, 5) is 52.6. The number of hydrogen-bond donors (Lipinski definition) is 3. The monoisotopic (exact) mass is 1280 g/mol. The molecule has 2 aliphatic heterocycles. The second-order valence-electron chi connectivity index (χ2n) is 18.7. The van der Waals surface area contributed by atoms with E-state index >= 15 is 0 Å². The molecule has 22 nitrogen and oxygen atoms in total. The first-order valence-corrected chi connectivity index (χ1v) is 31.6. The third-order valence-electron chi connectivity index (χ3n) is 13.3. The molecule has 8 bridgehead atoms. The van der Waals surface area contributed by atoms with Crippen molar-refractivity contribution in [3.05, 3.63) is 88.3 Å². The Morgan fingerprint density at radius 1 is 0.524 bits per heavy atom. The number of rotatable bonds is 14. The summed E-state index contributed by atoms with van der Waals surface area (Å²) in [6, 6.07) is 13.3. The third kappa shape index (κ3) is 19.7. The summed E-state index contributed by atoms with van der Waals surface area (Å²) in [5.41, 5.74) is 12.5. The van der Waals surface area contributed by atoms with Crippen LogP contribution in [0.25, 0.3) is 56.5 Å². The minimum atomic E-state index is -4.67. The Hall–Kier alpha value is -4.12. The standard InChI is InChI=1S/C32H28N8.C17H26N6O8S3.2C2H6.3CH4.Cu.2Na/c1-2-10-18-17(9-1)25-33-26(18)38-28-21-13-5-6-14-22(21)30(35-28)40-32-24-16-8-7-15-23(24)31(36-32)39-29-20-12-4-3-11-19(20)27(34-29)37-25;1-32(24,25)19-9-4-2-3-8-15-21-16(18-10-11-33(26,27)28)23-17(22-15)20-13-6-5-7-14(12-13)34(29,30)31;2*1-2;;;;;;/h1-2,9-10H,3-8,11-16H2;5-7,12,19H,2-4,8-11H2,1H3,(H,26,27,28)(H,29,30,31)(H2,18,20,21,22,23);2*1-2H3;3*1H4;;;/q-2;;;;;;;+2;2*+1/p-2. The van der Waals surface area contributed by atoms with E-state index in [0.29, 0.717) is 43.2 Å². The summed E-state index contributed by atoms with van der Waals surface area (Å²) in [7, 11) is -12.4. The van der Waals surface area contributed by atoms with Gasteiger partial charge in [-0.3, -0.25) is 0 Å². The summed E-state index contributed by atoms with van der Waals surface area (Å²) >= 11 is 0. The molecule has 0 fully saturated rings. The Morgan fingerprint density at radius 2 is 0.976 bits per heavy atom. The number of aryl methyl sites for hydroxylation is 5. The number of nitrogens with one attached hydrogen (secondary N) is 3. The van der Waals surface area contributed by atoms with E-state index in [1.54, 1.807) is 0 Å². The van der Waals surface area contributed by atoms with Crippen LogP contribution in [-0.2, 0) is 79.4 Å². The van der Waals surface area contributed by atoms with Gasteiger partial charge >= 0.3 is 76.2 Å². The zero-order valence-corrected chi connectivity index (χ0v) is 54.2. The summed E-state index contributed by atoms with van der Waals surface area (Å²) in [5, 5.41) is 5.40. The van der Waals surface area contributed by atoms with E-state index in [0.717, 1.165) is 141 Å². The summed E-state index contributed by atoms with van der Waals surface area (Å²) in [6.07, 6.45) is 16.0. The fraction of sp³-hybridized carbons (Fsp3) is 0.482. The largest absolute Gasteiger partial charge is 2.00 e. The first-order valence-electron chi connectivity index (χ1n) is 26.7. The molecule has 3 aliphatic carbocycles. The van der Waals surface area contributed by atoms with Crippen LogP contribution < -0.4 is 84.4 Å². The van der Waals surface area contributed by atoms with Crippen molar-refractivity contribution in [3.63, 3.8) is 0 Å². The second kappa shape index (κ2) is 34.4. The molecule has 0 atom stereocenters. The maximum Gasteiger partial charge on any atom is 2.00 e. The van der Waals surface area contributed by atoms with Crippen molar-refractivity contribution in [2.24, 2.45) is 0 Å². The number of hydrogen-bond acceptors (Lipinski definition) is 19. The molecular formula is C56H76CuN14Na2O8S3. The zero-order valence-electron chi connectivity index (χ0n) is 46.8. The minimum absolute atomic E-state index is 0. The fourth-order valence-corrected chi connectivity index (χ4v) is 11.2. The van der Waals surface area contributed by atoms with E-state index in [1.165, 1.54) is 45.5 Å². The molecular weight excluding hydrogens is 1200 g/mol. The smallest absolute Gasteiger partial charge is 0.748 e. The second-order valence-corrected chi connectivity index (χ2v) is 23.4. The average molecular weight is 1280 g/mol. The molecule has 4 aromatic heterocycles. The number of allylic oxidation sites excluding steroid dienone is 2. The van der Waals surface area contributed by atoms with Gasteiger partial charge < -0.3 is 49.6 Å². The molecule has 28 heteroatoms. The van der Waals surface area contributed by atoms with Crippen molar-refractivity contribution < 1.29 is 111 Å². The Bertz CT molecular complexity index is 3610. The zero-order chi connectivity index (χ0) is 55.6. The molecule has 0 amide bonds. The quantitative estimate of drug-likeness (QED) is 0.0797. The van der Waals surface area contributed by atoms with Gasteiger partial charge in [0, 0.05) is 58.9 Å². The van der Waals surface area contributed by atoms with Gasteiger partial charge in [0.2, 0.25) is 21.9 Å². The molecule has 3 N–H and O–H groups in total. The molecule has 6 aromatic rings. The van der Waals surface area contributed by atoms with Crippen LogP contribution in [0.5, 0.6) is 0 Å². The van der Waals surface area contributed by atoms with Crippen LogP contribution in [0.4, 0.5) is 17.6 Å². The molecule has 5 aliphatic rings. The number of nitrogens with zero attached hydrogens (tertiary/aromatic N) is 11. The van der Waals surface area contributed by atoms with Crippen molar-refractivity contribution in [2.75, 3.05) is 35.7 Å². The molecule has 449 valence electrons. The molecule has 2 aromatic carbocycles. The van der Waals surface area contributed by atoms with Crippen LogP contribution in [0.15, 0.2) is 53.4 Å². The van der Waals surface area contributed by atoms with Crippen molar-refractivity contribution in [2.45, 2.75) is 158 Å². The van der Waals surface area contributed by atoms with Crippen molar-refractivity contribution >= 4 is 81.6 Å². The number of anilines is 3. The van der Waals surface area contributed by atoms with Crippen LogP contribution in [0.1, 0.15) is 160 Å². The van der Waals surface area contributed by atoms with Gasteiger partial charge in [0.15, 0.2) is 0 Å². The average Bonchev–Trinajstić information content (AvgIpc) is 3.15. The molecule has 0 unspecified atom stereocenters. The number of fused-ring (bicyclic) bond motifs is 19. The maximum absolute atomic E-state index is 11.2. The van der Waals surface area contributed by atoms with E-state index in [1.807, 2.05) is 39.8 Å². The third-order valence-corrected chi connectivity index (χ3v) is 15.5. The Balaban J connectivity index is 0.000000514. The van der Waals surface area contributed by atoms with Crippen molar-refractivity contribution in [1.82, 2.24) is 59.5 Å². The predicted molar refractivity (Wildman–Crippen MR) is 317 cm³/mol. The maximum atomic E-state index is 11.2. The van der Waals surface area contributed by atoms with E-state index in [9.17, 15) is 34.4 Å². The summed E-state index contributed by atoms with van der Waals surface area (Å²) in [6.45, 7) is 8.05. The normalized spacial score (nSPS) is 13.6. The molecule has 84 heavy (non-hydrogen) atoms. The topological polar surface area (TPSA) is 329 Å². The molecule has 0 spiro atoms. The Morgan fingerprint density at radius 3 is 1.44 bits per heavy atom. The first kappa shape index (κ1) is 76.0. The van der Waals surface area contributed by atoms with Gasteiger partial charge in [-0.25, -0.2) is 39.9 Å². The molecule has 11 rings (SSSR count). The molecule has 0 saturated heterocycles. The molecule has 6 heterocycles. The SMILES string of the molecule is C.C.C.CC.CC.CS(=O)(=O)NCCCCCc1nc(NCCS(=O)(=O)[O-])nc(Nc2cccc(S(=O)(=O)[O-])c2)n1.[Cu+2].[Na+].[Na+].c1ccc2c(c1)-c1nc-2nc2[n-]c(nc3nc(nc4[n-]c(n1)c1c4CCCC1)C1=C3CCCC1)c1c2CCCC1. The van der Waals surface area contributed by atoms with E-state index in [2.05, 4.69) is 42.4 Å². The Labute approximate surface area is 550 Å². The van der Waals surface area contributed by atoms with Crippen LogP contribution in [0.3, 0.4) is 0 Å². The summed E-state index contributed by atoms with van der Waals surface area (Å²) in [5.74, 6) is 2.50. The fourth-order valence-electron chi connectivity index (χ4n) is 9.78. The van der Waals surface area contributed by atoms with Gasteiger partial charge in [-0.2, -0.15) is 15.0 Å². The van der Waals surface area contributed by atoms with E-state index < -0.39 is 40.9 Å². The van der Waals surface area contributed by atoms with Crippen LogP contribution >= 0.6 is 0 Å².